The summed E-state index contributed by atoms with van der Waals surface area (Å²) in [5, 5.41) is 0. The van der Waals surface area contributed by atoms with E-state index in [0.29, 0.717) is 11.8 Å². The first-order chi connectivity index (χ1) is 9.61. The number of hydrogen-bond donors (Lipinski definition) is 1. The predicted octanol–water partition coefficient (Wildman–Crippen LogP) is 2.35. The number of rotatable bonds is 5. The van der Waals surface area contributed by atoms with E-state index in [9.17, 15) is 4.79 Å². The normalized spacial score (nSPS) is 18.2. The molecule has 0 saturated carbocycles. The molecule has 5 nitrogen and oxygen atoms in total. The van der Waals surface area contributed by atoms with Crippen LogP contribution in [0.3, 0.4) is 0 Å². The fraction of sp³-hybridized carbons (Fsp3) is 0.733. The monoisotopic (exact) mass is 279 g/mol. The van der Waals surface area contributed by atoms with E-state index < -0.39 is 0 Å². The Hall–Kier alpha value is -1.36. The van der Waals surface area contributed by atoms with Crippen molar-refractivity contribution in [3.8, 4) is 5.88 Å². The lowest BCUT2D eigenvalue weighted by Crippen LogP contribution is -2.36. The van der Waals surface area contributed by atoms with Gasteiger partial charge in [-0.1, -0.05) is 20.3 Å². The quantitative estimate of drug-likeness (QED) is 0.899. The number of piperidine rings is 1. The molecule has 1 unspecified atom stereocenters. The van der Waals surface area contributed by atoms with Crippen LogP contribution in [0.15, 0.2) is 11.0 Å². The molecular formula is C15H25N3O2. The molecule has 1 fully saturated rings. The smallest absolute Gasteiger partial charge is 0.266 e. The van der Waals surface area contributed by atoms with E-state index in [1.807, 2.05) is 0 Å². The van der Waals surface area contributed by atoms with E-state index in [1.165, 1.54) is 25.5 Å². The molecule has 1 aromatic heterocycles. The SMILES string of the molecule is COc1ncc(=O)[nH]c1C(CC(C)C)N1CCCCC1. The Morgan fingerprint density at radius 2 is 2.05 bits per heavy atom. The molecule has 0 aromatic carbocycles. The summed E-state index contributed by atoms with van der Waals surface area (Å²) in [7, 11) is 1.60. The number of nitrogens with one attached hydrogen (secondary N) is 1. The third-order valence-corrected chi connectivity index (χ3v) is 3.84. The van der Waals surface area contributed by atoms with E-state index >= 15 is 0 Å². The van der Waals surface area contributed by atoms with Crippen LogP contribution in [0.2, 0.25) is 0 Å². The van der Waals surface area contributed by atoms with Crippen molar-refractivity contribution in [3.63, 3.8) is 0 Å². The lowest BCUT2D eigenvalue weighted by molar-refractivity contribution is 0.138. The Morgan fingerprint density at radius 1 is 1.35 bits per heavy atom. The summed E-state index contributed by atoms with van der Waals surface area (Å²) in [4.78, 5) is 21.2. The van der Waals surface area contributed by atoms with Crippen molar-refractivity contribution in [2.24, 2.45) is 5.92 Å². The molecule has 5 heteroatoms. The standard InChI is InChI=1S/C15H25N3O2/c1-11(2)9-12(18-7-5-4-6-8-18)14-15(20-3)16-10-13(19)17-14/h10-12H,4-9H2,1-3H3,(H,17,19). The summed E-state index contributed by atoms with van der Waals surface area (Å²) < 4.78 is 5.35. The van der Waals surface area contributed by atoms with Gasteiger partial charge in [0.1, 0.15) is 0 Å². The number of likely N-dealkylation sites (tertiary alicyclic amines) is 1. The molecule has 1 aromatic rings. The minimum atomic E-state index is -0.161. The highest BCUT2D eigenvalue weighted by atomic mass is 16.5. The van der Waals surface area contributed by atoms with Crippen LogP contribution in [-0.2, 0) is 0 Å². The number of H-pyrrole nitrogens is 1. The van der Waals surface area contributed by atoms with Crippen molar-refractivity contribution in [1.82, 2.24) is 14.9 Å². The average Bonchev–Trinajstić information content (AvgIpc) is 2.45. The fourth-order valence-corrected chi connectivity index (χ4v) is 2.92. The van der Waals surface area contributed by atoms with E-state index in [0.717, 1.165) is 25.2 Å². The molecule has 0 amide bonds. The van der Waals surface area contributed by atoms with Crippen LogP contribution in [0, 0.1) is 5.92 Å². The summed E-state index contributed by atoms with van der Waals surface area (Å²) in [6, 6.07) is 0.187. The molecule has 1 N–H and O–H groups in total. The van der Waals surface area contributed by atoms with Gasteiger partial charge in [0, 0.05) is 0 Å². The number of aromatic nitrogens is 2. The Morgan fingerprint density at radius 3 is 2.65 bits per heavy atom. The van der Waals surface area contributed by atoms with Crippen LogP contribution in [0.5, 0.6) is 5.88 Å². The first-order valence-corrected chi connectivity index (χ1v) is 7.49. The highest BCUT2D eigenvalue weighted by Gasteiger charge is 2.27. The van der Waals surface area contributed by atoms with Gasteiger partial charge in [0.15, 0.2) is 0 Å². The molecule has 20 heavy (non-hydrogen) atoms. The second kappa shape index (κ2) is 6.88. The number of hydrogen-bond acceptors (Lipinski definition) is 4. The Labute approximate surface area is 120 Å². The fourth-order valence-electron chi connectivity index (χ4n) is 2.92. The number of nitrogens with zero attached hydrogens (tertiary/aromatic N) is 2. The minimum absolute atomic E-state index is 0.161. The van der Waals surface area contributed by atoms with Crippen LogP contribution in [0.1, 0.15) is 51.3 Å². The van der Waals surface area contributed by atoms with Crippen molar-refractivity contribution in [2.45, 2.75) is 45.6 Å². The Balaban J connectivity index is 2.34. The Kier molecular flexibility index (Phi) is 5.17. The van der Waals surface area contributed by atoms with Crippen LogP contribution in [-0.4, -0.2) is 35.1 Å². The van der Waals surface area contributed by atoms with Gasteiger partial charge < -0.3 is 9.72 Å². The van der Waals surface area contributed by atoms with Gasteiger partial charge >= 0.3 is 0 Å². The molecule has 1 saturated heterocycles. The zero-order valence-corrected chi connectivity index (χ0v) is 12.7. The van der Waals surface area contributed by atoms with Gasteiger partial charge in [-0.25, -0.2) is 4.98 Å². The largest absolute Gasteiger partial charge is 0.480 e. The van der Waals surface area contributed by atoms with Gasteiger partial charge in [-0.2, -0.15) is 0 Å². The van der Waals surface area contributed by atoms with E-state index in [-0.39, 0.29) is 11.6 Å². The summed E-state index contributed by atoms with van der Waals surface area (Å²) in [6.45, 7) is 6.57. The molecule has 112 valence electrons. The lowest BCUT2D eigenvalue weighted by Gasteiger charge is -2.35. The lowest BCUT2D eigenvalue weighted by atomic mass is 9.97. The Bertz CT molecular complexity index is 478. The van der Waals surface area contributed by atoms with Crippen molar-refractivity contribution in [3.05, 3.63) is 22.2 Å². The van der Waals surface area contributed by atoms with E-state index in [2.05, 4.69) is 28.7 Å². The molecular weight excluding hydrogens is 254 g/mol. The molecule has 0 aliphatic carbocycles. The third kappa shape index (κ3) is 3.60. The molecule has 1 aliphatic rings. The second-order valence-electron chi connectivity index (χ2n) is 5.91. The zero-order chi connectivity index (χ0) is 14.5. The molecule has 2 rings (SSSR count). The first kappa shape index (κ1) is 15.0. The van der Waals surface area contributed by atoms with Crippen molar-refractivity contribution >= 4 is 0 Å². The van der Waals surface area contributed by atoms with Gasteiger partial charge in [0.2, 0.25) is 5.88 Å². The summed E-state index contributed by atoms with van der Waals surface area (Å²) in [6.07, 6.45) is 6.03. The van der Waals surface area contributed by atoms with Crippen molar-refractivity contribution < 1.29 is 4.74 Å². The maximum Gasteiger partial charge on any atom is 0.266 e. The molecule has 0 radical (unpaired) electrons. The first-order valence-electron chi connectivity index (χ1n) is 7.49. The third-order valence-electron chi connectivity index (χ3n) is 3.84. The zero-order valence-electron chi connectivity index (χ0n) is 12.7. The number of aromatic amines is 1. The topological polar surface area (TPSA) is 58.2 Å². The van der Waals surface area contributed by atoms with Crippen LogP contribution < -0.4 is 10.3 Å². The van der Waals surface area contributed by atoms with Crippen LogP contribution in [0.4, 0.5) is 0 Å². The number of methoxy groups -OCH3 is 1. The van der Waals surface area contributed by atoms with Gasteiger partial charge in [0.25, 0.3) is 5.56 Å². The summed E-state index contributed by atoms with van der Waals surface area (Å²) >= 11 is 0. The van der Waals surface area contributed by atoms with Gasteiger partial charge in [0.05, 0.1) is 25.0 Å². The van der Waals surface area contributed by atoms with Gasteiger partial charge in [-0.05, 0) is 38.3 Å². The summed E-state index contributed by atoms with van der Waals surface area (Å²) in [5.41, 5.74) is 0.669. The maximum atomic E-state index is 11.6. The van der Waals surface area contributed by atoms with E-state index in [4.69, 9.17) is 4.74 Å². The second-order valence-corrected chi connectivity index (χ2v) is 5.91. The van der Waals surface area contributed by atoms with Crippen LogP contribution in [0.25, 0.3) is 0 Å². The molecule has 1 aliphatic heterocycles. The van der Waals surface area contributed by atoms with Gasteiger partial charge in [-0.3, -0.25) is 9.69 Å². The van der Waals surface area contributed by atoms with Gasteiger partial charge in [-0.15, -0.1) is 0 Å². The molecule has 0 bridgehead atoms. The highest BCUT2D eigenvalue weighted by Crippen LogP contribution is 2.32. The maximum absolute atomic E-state index is 11.6. The molecule has 1 atom stereocenters. The van der Waals surface area contributed by atoms with E-state index in [1.54, 1.807) is 7.11 Å². The predicted molar refractivity (Wildman–Crippen MR) is 79.0 cm³/mol. The van der Waals surface area contributed by atoms with Crippen molar-refractivity contribution in [1.29, 1.82) is 0 Å². The van der Waals surface area contributed by atoms with Crippen molar-refractivity contribution in [2.75, 3.05) is 20.2 Å². The minimum Gasteiger partial charge on any atom is -0.480 e. The molecule has 2 heterocycles. The number of ether oxygens (including phenoxy) is 1. The highest BCUT2D eigenvalue weighted by molar-refractivity contribution is 5.21. The molecule has 0 spiro atoms. The summed E-state index contributed by atoms with van der Waals surface area (Å²) in [5.74, 6) is 1.09. The van der Waals surface area contributed by atoms with Crippen LogP contribution >= 0.6 is 0 Å². The average molecular weight is 279 g/mol.